The number of hydrogen-bond acceptors (Lipinski definition) is 1. The Balaban J connectivity index is 1.83. The summed E-state index contributed by atoms with van der Waals surface area (Å²) >= 11 is 1.84. The van der Waals surface area contributed by atoms with Gasteiger partial charge in [0, 0.05) is 15.8 Å². The van der Waals surface area contributed by atoms with Gasteiger partial charge in [-0.2, -0.15) is 0 Å². The van der Waals surface area contributed by atoms with Crippen LogP contribution in [0.3, 0.4) is 0 Å². The van der Waals surface area contributed by atoms with E-state index in [-0.39, 0.29) is 0 Å². The molecule has 0 saturated carbocycles. The number of benzene rings is 2. The second-order valence-electron chi connectivity index (χ2n) is 5.20. The van der Waals surface area contributed by atoms with Gasteiger partial charge in [0.05, 0.1) is 10.6 Å². The second-order valence-corrected chi connectivity index (χ2v) is 6.28. The summed E-state index contributed by atoms with van der Waals surface area (Å²) in [6.45, 7) is 2.19. The van der Waals surface area contributed by atoms with E-state index in [1.54, 1.807) is 0 Å². The van der Waals surface area contributed by atoms with Crippen LogP contribution in [0.15, 0.2) is 66.7 Å². The summed E-state index contributed by atoms with van der Waals surface area (Å²) < 4.78 is 0. The molecular formula is C19H15NS. The number of aromatic nitrogens is 1. The van der Waals surface area contributed by atoms with Crippen LogP contribution in [0.4, 0.5) is 0 Å². The molecule has 0 radical (unpaired) electrons. The zero-order valence-corrected chi connectivity index (χ0v) is 12.6. The maximum atomic E-state index is 3.56. The lowest BCUT2D eigenvalue weighted by molar-refractivity contribution is 1.43. The topological polar surface area (TPSA) is 15.8 Å². The first-order valence-electron chi connectivity index (χ1n) is 7.06. The highest BCUT2D eigenvalue weighted by Crippen LogP contribution is 2.37. The first kappa shape index (κ1) is 12.4. The van der Waals surface area contributed by atoms with Crippen LogP contribution in [-0.4, -0.2) is 4.98 Å². The largest absolute Gasteiger partial charge is 0.354 e. The van der Waals surface area contributed by atoms with E-state index >= 15 is 0 Å². The summed E-state index contributed by atoms with van der Waals surface area (Å²) in [6.07, 6.45) is 0. The van der Waals surface area contributed by atoms with E-state index in [0.717, 1.165) is 0 Å². The van der Waals surface area contributed by atoms with E-state index in [1.807, 2.05) is 11.3 Å². The Labute approximate surface area is 127 Å². The van der Waals surface area contributed by atoms with E-state index in [9.17, 15) is 0 Å². The van der Waals surface area contributed by atoms with E-state index in [4.69, 9.17) is 0 Å². The standard InChI is InChI=1S/C19H15NS/c1-13-15-9-5-6-10-16(15)20-19(13)18-12-11-17(21-18)14-7-3-2-4-8-14/h2-12,20H,1H3. The van der Waals surface area contributed by atoms with Crippen LogP contribution < -0.4 is 0 Å². The molecule has 0 atom stereocenters. The summed E-state index contributed by atoms with van der Waals surface area (Å²) in [5, 5.41) is 1.31. The third-order valence-corrected chi connectivity index (χ3v) is 5.03. The molecule has 0 unspecified atom stereocenters. The minimum Gasteiger partial charge on any atom is -0.354 e. The minimum absolute atomic E-state index is 1.21. The lowest BCUT2D eigenvalue weighted by atomic mass is 10.1. The van der Waals surface area contributed by atoms with Gasteiger partial charge < -0.3 is 4.98 Å². The van der Waals surface area contributed by atoms with Crippen molar-refractivity contribution in [3.05, 3.63) is 72.3 Å². The van der Waals surface area contributed by atoms with Crippen LogP contribution in [0.2, 0.25) is 0 Å². The predicted molar refractivity (Wildman–Crippen MR) is 91.8 cm³/mol. The average molecular weight is 289 g/mol. The Morgan fingerprint density at radius 1 is 0.762 bits per heavy atom. The Hall–Kier alpha value is -2.32. The normalized spacial score (nSPS) is 11.1. The molecule has 4 aromatic rings. The van der Waals surface area contributed by atoms with Crippen molar-refractivity contribution in [2.75, 3.05) is 0 Å². The van der Waals surface area contributed by atoms with Gasteiger partial charge in [0.2, 0.25) is 0 Å². The van der Waals surface area contributed by atoms with Crippen LogP contribution in [0, 0.1) is 6.92 Å². The molecule has 0 aliphatic heterocycles. The Morgan fingerprint density at radius 3 is 2.29 bits per heavy atom. The molecule has 2 aromatic carbocycles. The van der Waals surface area contributed by atoms with Crippen molar-refractivity contribution in [1.29, 1.82) is 0 Å². The third-order valence-electron chi connectivity index (χ3n) is 3.88. The third kappa shape index (κ3) is 2.08. The zero-order valence-electron chi connectivity index (χ0n) is 11.8. The number of H-pyrrole nitrogens is 1. The number of thiophene rings is 1. The van der Waals surface area contributed by atoms with Gasteiger partial charge >= 0.3 is 0 Å². The highest BCUT2D eigenvalue weighted by molar-refractivity contribution is 7.18. The van der Waals surface area contributed by atoms with Gasteiger partial charge in [-0.1, -0.05) is 48.5 Å². The molecule has 1 nitrogen and oxygen atoms in total. The van der Waals surface area contributed by atoms with Gasteiger partial charge in [-0.3, -0.25) is 0 Å². The molecule has 21 heavy (non-hydrogen) atoms. The molecule has 0 aliphatic carbocycles. The smallest absolute Gasteiger partial charge is 0.0596 e. The van der Waals surface area contributed by atoms with Crippen molar-refractivity contribution in [2.45, 2.75) is 6.92 Å². The molecule has 0 spiro atoms. The van der Waals surface area contributed by atoms with Crippen LogP contribution in [0.1, 0.15) is 5.56 Å². The zero-order chi connectivity index (χ0) is 14.2. The lowest BCUT2D eigenvalue weighted by Gasteiger charge is -1.97. The molecule has 0 saturated heterocycles. The van der Waals surface area contributed by atoms with E-state index in [1.165, 1.54) is 37.5 Å². The maximum absolute atomic E-state index is 3.56. The summed E-state index contributed by atoms with van der Waals surface area (Å²) in [5.41, 5.74) is 5.05. The highest BCUT2D eigenvalue weighted by atomic mass is 32.1. The Kier molecular flexibility index (Phi) is 2.90. The van der Waals surface area contributed by atoms with Crippen molar-refractivity contribution in [2.24, 2.45) is 0 Å². The Morgan fingerprint density at radius 2 is 1.48 bits per heavy atom. The quantitative estimate of drug-likeness (QED) is 0.475. The number of rotatable bonds is 2. The van der Waals surface area contributed by atoms with E-state index in [2.05, 4.69) is 78.6 Å². The Bertz CT molecular complexity index is 900. The van der Waals surface area contributed by atoms with Crippen molar-refractivity contribution < 1.29 is 0 Å². The summed E-state index contributed by atoms with van der Waals surface area (Å²) in [6, 6.07) is 23.5. The first-order chi connectivity index (χ1) is 10.3. The maximum Gasteiger partial charge on any atom is 0.0596 e. The van der Waals surface area contributed by atoms with Gasteiger partial charge in [-0.15, -0.1) is 11.3 Å². The highest BCUT2D eigenvalue weighted by Gasteiger charge is 2.11. The van der Waals surface area contributed by atoms with Gasteiger partial charge in [0.15, 0.2) is 0 Å². The number of nitrogens with one attached hydrogen (secondary N) is 1. The van der Waals surface area contributed by atoms with Crippen molar-refractivity contribution in [1.82, 2.24) is 4.98 Å². The van der Waals surface area contributed by atoms with Crippen LogP contribution in [-0.2, 0) is 0 Å². The fourth-order valence-corrected chi connectivity index (χ4v) is 3.83. The van der Waals surface area contributed by atoms with Crippen LogP contribution in [0.5, 0.6) is 0 Å². The minimum atomic E-state index is 1.21. The molecule has 0 amide bonds. The van der Waals surface area contributed by atoms with Gasteiger partial charge in [0.25, 0.3) is 0 Å². The molecule has 0 bridgehead atoms. The summed E-state index contributed by atoms with van der Waals surface area (Å²) in [5.74, 6) is 0. The SMILES string of the molecule is Cc1c(-c2ccc(-c3ccccc3)s2)[nH]c2ccccc12. The summed E-state index contributed by atoms with van der Waals surface area (Å²) in [4.78, 5) is 6.16. The van der Waals surface area contributed by atoms with E-state index in [0.29, 0.717) is 0 Å². The second kappa shape index (κ2) is 4.90. The fraction of sp³-hybridized carbons (Fsp3) is 0.0526. The number of fused-ring (bicyclic) bond motifs is 1. The average Bonchev–Trinajstić information content (AvgIpc) is 3.14. The number of aryl methyl sites for hydroxylation is 1. The fourth-order valence-electron chi connectivity index (χ4n) is 2.76. The molecule has 2 heterocycles. The molecular weight excluding hydrogens is 274 g/mol. The van der Waals surface area contributed by atoms with Crippen molar-refractivity contribution in [3.8, 4) is 21.0 Å². The monoisotopic (exact) mass is 289 g/mol. The van der Waals surface area contributed by atoms with Crippen LogP contribution >= 0.6 is 11.3 Å². The van der Waals surface area contributed by atoms with Gasteiger partial charge in [0.1, 0.15) is 0 Å². The van der Waals surface area contributed by atoms with Crippen molar-refractivity contribution in [3.63, 3.8) is 0 Å². The molecule has 2 aromatic heterocycles. The molecule has 0 aliphatic rings. The number of para-hydroxylation sites is 1. The van der Waals surface area contributed by atoms with E-state index < -0.39 is 0 Å². The molecule has 1 N–H and O–H groups in total. The molecule has 2 heteroatoms. The molecule has 102 valence electrons. The number of aromatic amines is 1. The van der Waals surface area contributed by atoms with Crippen molar-refractivity contribution >= 4 is 22.2 Å². The lowest BCUT2D eigenvalue weighted by Crippen LogP contribution is -1.74. The predicted octanol–water partition coefficient (Wildman–Crippen LogP) is 5.87. The number of hydrogen-bond donors (Lipinski definition) is 1. The van der Waals surface area contributed by atoms with Crippen LogP contribution in [0.25, 0.3) is 31.9 Å². The van der Waals surface area contributed by atoms with Gasteiger partial charge in [-0.25, -0.2) is 0 Å². The van der Waals surface area contributed by atoms with Gasteiger partial charge in [-0.05, 0) is 36.2 Å². The first-order valence-corrected chi connectivity index (χ1v) is 7.87. The molecule has 4 rings (SSSR count). The summed E-state index contributed by atoms with van der Waals surface area (Å²) in [7, 11) is 0. The molecule has 0 fully saturated rings.